The summed E-state index contributed by atoms with van der Waals surface area (Å²) in [7, 11) is 3.53. The van der Waals surface area contributed by atoms with Crippen molar-refractivity contribution in [2.24, 2.45) is 5.41 Å². The Balaban J connectivity index is 1.41. The third-order valence-corrected chi connectivity index (χ3v) is 5.70. The second-order valence-corrected chi connectivity index (χ2v) is 7.23. The molecular weight excluding hydrogens is 332 g/mol. The molecule has 7 nitrogen and oxygen atoms in total. The van der Waals surface area contributed by atoms with Gasteiger partial charge in [0.05, 0.1) is 24.6 Å². The monoisotopic (exact) mass is 356 g/mol. The second kappa shape index (κ2) is 6.72. The lowest BCUT2D eigenvalue weighted by Gasteiger charge is -2.37. The predicted molar refractivity (Wildman–Crippen MR) is 95.5 cm³/mol. The van der Waals surface area contributed by atoms with Gasteiger partial charge in [-0.15, -0.1) is 10.2 Å². The van der Waals surface area contributed by atoms with Gasteiger partial charge in [-0.3, -0.25) is 9.69 Å². The number of methoxy groups -OCH3 is 1. The molecule has 138 valence electrons. The largest absolute Gasteiger partial charge is 0.496 e. The number of piperidine rings is 1. The fraction of sp³-hybridized carbons (Fsp3) is 0.526. The molecule has 0 radical (unpaired) electrons. The first-order valence-corrected chi connectivity index (χ1v) is 9.05. The van der Waals surface area contributed by atoms with Crippen LogP contribution in [0, 0.1) is 5.41 Å². The molecule has 2 aliphatic heterocycles. The standard InChI is InChI=1S/C19H24N4O3/c1-22-10-7-19(18(22)24)8-11-23(12-9-19)13-16-20-21-17(26-16)14-5-3-4-6-15(14)25-2/h3-6H,7-13H2,1-2H3. The Morgan fingerprint density at radius 1 is 1.15 bits per heavy atom. The highest BCUT2D eigenvalue weighted by molar-refractivity contribution is 5.84. The van der Waals surface area contributed by atoms with E-state index < -0.39 is 0 Å². The summed E-state index contributed by atoms with van der Waals surface area (Å²) in [5.41, 5.74) is 0.661. The minimum Gasteiger partial charge on any atom is -0.496 e. The fourth-order valence-corrected chi connectivity index (χ4v) is 4.04. The Labute approximate surface area is 152 Å². The summed E-state index contributed by atoms with van der Waals surface area (Å²) in [6.45, 7) is 3.25. The number of hydrogen-bond acceptors (Lipinski definition) is 6. The second-order valence-electron chi connectivity index (χ2n) is 7.23. The smallest absolute Gasteiger partial charge is 0.251 e. The normalized spacial score (nSPS) is 20.1. The molecule has 0 saturated carbocycles. The maximum atomic E-state index is 12.4. The van der Waals surface area contributed by atoms with Gasteiger partial charge in [0.15, 0.2) is 0 Å². The van der Waals surface area contributed by atoms with Crippen molar-refractivity contribution < 1.29 is 13.9 Å². The molecule has 1 aromatic carbocycles. The third-order valence-electron chi connectivity index (χ3n) is 5.70. The Bertz CT molecular complexity index is 796. The van der Waals surface area contributed by atoms with Gasteiger partial charge in [0.1, 0.15) is 5.75 Å². The van der Waals surface area contributed by atoms with Crippen LogP contribution in [0.4, 0.5) is 0 Å². The maximum Gasteiger partial charge on any atom is 0.251 e. The molecule has 1 amide bonds. The number of ether oxygens (including phenoxy) is 1. The number of rotatable bonds is 4. The molecule has 26 heavy (non-hydrogen) atoms. The molecule has 0 unspecified atom stereocenters. The van der Waals surface area contributed by atoms with Crippen molar-refractivity contribution in [1.82, 2.24) is 20.0 Å². The molecule has 4 rings (SSSR count). The van der Waals surface area contributed by atoms with Crippen molar-refractivity contribution in [3.8, 4) is 17.2 Å². The van der Waals surface area contributed by atoms with Crippen LogP contribution < -0.4 is 4.74 Å². The van der Waals surface area contributed by atoms with Gasteiger partial charge in [0.2, 0.25) is 11.8 Å². The van der Waals surface area contributed by atoms with E-state index in [1.54, 1.807) is 7.11 Å². The van der Waals surface area contributed by atoms with E-state index in [1.807, 2.05) is 36.2 Å². The number of likely N-dealkylation sites (tertiary alicyclic amines) is 2. The lowest BCUT2D eigenvalue weighted by atomic mass is 9.77. The number of para-hydroxylation sites is 1. The van der Waals surface area contributed by atoms with E-state index in [0.29, 0.717) is 30.0 Å². The summed E-state index contributed by atoms with van der Waals surface area (Å²) in [6.07, 6.45) is 2.79. The van der Waals surface area contributed by atoms with Crippen molar-refractivity contribution in [2.45, 2.75) is 25.8 Å². The van der Waals surface area contributed by atoms with Gasteiger partial charge in [0.25, 0.3) is 5.89 Å². The van der Waals surface area contributed by atoms with Crippen LogP contribution >= 0.6 is 0 Å². The van der Waals surface area contributed by atoms with E-state index in [2.05, 4.69) is 15.1 Å². The van der Waals surface area contributed by atoms with Crippen LogP contribution in [0.2, 0.25) is 0 Å². The lowest BCUT2D eigenvalue weighted by Crippen LogP contribution is -2.43. The number of carbonyl (C=O) groups excluding carboxylic acids is 1. The molecule has 2 fully saturated rings. The zero-order valence-electron chi connectivity index (χ0n) is 15.3. The van der Waals surface area contributed by atoms with Gasteiger partial charge in [-0.25, -0.2) is 0 Å². The average Bonchev–Trinajstić information content (AvgIpc) is 3.24. The van der Waals surface area contributed by atoms with Gasteiger partial charge < -0.3 is 14.1 Å². The van der Waals surface area contributed by atoms with Gasteiger partial charge >= 0.3 is 0 Å². The molecule has 1 spiro atoms. The topological polar surface area (TPSA) is 71.7 Å². The maximum absolute atomic E-state index is 12.4. The minimum absolute atomic E-state index is 0.136. The number of carbonyl (C=O) groups is 1. The highest BCUT2D eigenvalue weighted by Gasteiger charge is 2.46. The summed E-state index contributed by atoms with van der Waals surface area (Å²) in [4.78, 5) is 16.6. The van der Waals surface area contributed by atoms with Gasteiger partial charge in [-0.05, 0) is 44.5 Å². The first-order chi connectivity index (χ1) is 12.6. The van der Waals surface area contributed by atoms with Crippen molar-refractivity contribution in [3.63, 3.8) is 0 Å². The van der Waals surface area contributed by atoms with Gasteiger partial charge in [-0.2, -0.15) is 0 Å². The summed E-state index contributed by atoms with van der Waals surface area (Å²) in [5.74, 6) is 2.09. The molecule has 2 aliphatic rings. The number of amides is 1. The van der Waals surface area contributed by atoms with Crippen molar-refractivity contribution >= 4 is 5.91 Å². The van der Waals surface area contributed by atoms with E-state index >= 15 is 0 Å². The van der Waals surface area contributed by atoms with E-state index in [9.17, 15) is 4.79 Å². The Kier molecular flexibility index (Phi) is 4.40. The van der Waals surface area contributed by atoms with Gasteiger partial charge in [0, 0.05) is 13.6 Å². The van der Waals surface area contributed by atoms with E-state index in [-0.39, 0.29) is 5.41 Å². The molecule has 7 heteroatoms. The number of aromatic nitrogens is 2. The summed E-state index contributed by atoms with van der Waals surface area (Å²) in [5, 5.41) is 8.36. The number of hydrogen-bond donors (Lipinski definition) is 0. The molecule has 0 atom stereocenters. The van der Waals surface area contributed by atoms with Crippen molar-refractivity contribution in [1.29, 1.82) is 0 Å². The highest BCUT2D eigenvalue weighted by Crippen LogP contribution is 2.41. The van der Waals surface area contributed by atoms with Gasteiger partial charge in [-0.1, -0.05) is 12.1 Å². The van der Waals surface area contributed by atoms with Crippen molar-refractivity contribution in [2.75, 3.05) is 33.8 Å². The first-order valence-electron chi connectivity index (χ1n) is 9.05. The summed E-state index contributed by atoms with van der Waals surface area (Å²) in [6, 6.07) is 7.61. The summed E-state index contributed by atoms with van der Waals surface area (Å²) >= 11 is 0. The highest BCUT2D eigenvalue weighted by atomic mass is 16.5. The van der Waals surface area contributed by atoms with Crippen molar-refractivity contribution in [3.05, 3.63) is 30.2 Å². The van der Waals surface area contributed by atoms with E-state index in [1.165, 1.54) is 0 Å². The van der Waals surface area contributed by atoms with Crippen LogP contribution in [0.5, 0.6) is 5.75 Å². The average molecular weight is 356 g/mol. The lowest BCUT2D eigenvalue weighted by molar-refractivity contribution is -0.137. The molecule has 0 N–H and O–H groups in total. The molecule has 0 aliphatic carbocycles. The molecular formula is C19H24N4O3. The van der Waals surface area contributed by atoms with Crippen LogP contribution in [0.25, 0.3) is 11.5 Å². The Morgan fingerprint density at radius 2 is 1.88 bits per heavy atom. The van der Waals surface area contributed by atoms with E-state index in [4.69, 9.17) is 9.15 Å². The predicted octanol–water partition coefficient (Wildman–Crippen LogP) is 2.19. The molecule has 3 heterocycles. The zero-order valence-corrected chi connectivity index (χ0v) is 15.3. The number of benzene rings is 1. The first kappa shape index (κ1) is 17.0. The molecule has 2 aromatic rings. The number of nitrogens with zero attached hydrogens (tertiary/aromatic N) is 4. The quantitative estimate of drug-likeness (QED) is 0.836. The zero-order chi connectivity index (χ0) is 18.1. The fourth-order valence-electron chi connectivity index (χ4n) is 4.04. The third kappa shape index (κ3) is 2.96. The SMILES string of the molecule is COc1ccccc1-c1nnc(CN2CCC3(CC2)CCN(C)C3=O)o1. The van der Waals surface area contributed by atoms with E-state index in [0.717, 1.165) is 44.5 Å². The van der Waals surface area contributed by atoms with Crippen LogP contribution in [-0.2, 0) is 11.3 Å². The van der Waals surface area contributed by atoms with Crippen LogP contribution in [0.15, 0.2) is 28.7 Å². The van der Waals surface area contributed by atoms with Crippen LogP contribution in [-0.4, -0.2) is 59.7 Å². The van der Waals surface area contributed by atoms with Crippen LogP contribution in [0.1, 0.15) is 25.2 Å². The minimum atomic E-state index is -0.136. The molecule has 0 bridgehead atoms. The molecule has 1 aromatic heterocycles. The Morgan fingerprint density at radius 3 is 2.58 bits per heavy atom. The Hall–Kier alpha value is -2.41. The summed E-state index contributed by atoms with van der Waals surface area (Å²) < 4.78 is 11.2. The van der Waals surface area contributed by atoms with Crippen LogP contribution in [0.3, 0.4) is 0 Å². The molecule has 2 saturated heterocycles.